The number of nitrogens with one attached hydrogen (secondary N) is 1. The molecule has 0 saturated carbocycles. The largest absolute Gasteiger partial charge is 0.742 e. The third kappa shape index (κ3) is 5.21. The number of aromatic amines is 1. The first-order valence-electron chi connectivity index (χ1n) is 5.57. The van der Waals surface area contributed by atoms with Gasteiger partial charge in [0.15, 0.2) is 22.5 Å². The van der Waals surface area contributed by atoms with Gasteiger partial charge in [0.05, 0.1) is 12.2 Å². The summed E-state index contributed by atoms with van der Waals surface area (Å²) in [5.74, 6) is -0.730. The molecule has 2 aromatic heterocycles. The van der Waals surface area contributed by atoms with Gasteiger partial charge < -0.3 is 13.7 Å². The van der Waals surface area contributed by atoms with Crippen molar-refractivity contribution < 1.29 is 31.9 Å². The number of rotatable bonds is 3. The molecule has 0 aliphatic rings. The number of H-pyrrole nitrogens is 1. The van der Waals surface area contributed by atoms with Gasteiger partial charge in [-0.3, -0.25) is 0 Å². The molecule has 0 radical (unpaired) electrons. The summed E-state index contributed by atoms with van der Waals surface area (Å²) in [4.78, 5) is 13.9. The number of carbonyl (C=O) groups is 1. The first-order chi connectivity index (χ1) is 9.45. The number of esters is 1. The Bertz CT molecular complexity index is 608. The highest BCUT2D eigenvalue weighted by molar-refractivity contribution is 7.85. The topological polar surface area (TPSA) is 111 Å². The van der Waals surface area contributed by atoms with E-state index in [0.717, 1.165) is 12.3 Å². The van der Waals surface area contributed by atoms with E-state index in [1.807, 2.05) is 30.6 Å². The predicted molar refractivity (Wildman–Crippen MR) is 65.6 cm³/mol. The lowest BCUT2D eigenvalue weighted by atomic mass is 10.3. The average molecular weight is 299 g/mol. The van der Waals surface area contributed by atoms with Gasteiger partial charge in [0, 0.05) is 18.2 Å². The number of furan rings is 1. The van der Waals surface area contributed by atoms with E-state index in [2.05, 4.69) is 14.1 Å². The van der Waals surface area contributed by atoms with Crippen molar-refractivity contribution in [3.63, 3.8) is 0 Å². The molecule has 0 aromatic carbocycles. The smallest absolute Gasteiger partial charge is 0.341 e. The lowest BCUT2D eigenvalue weighted by Gasteiger charge is -1.99. The molecular weight excluding hydrogens is 286 g/mol. The SMILES string of the molecule is CCOC(=O)c1coc(S(=O)(=O)[O-])c1.c1cc[nH+]cc1. The fraction of sp³-hybridized carbons (Fsp3) is 0.167. The number of aromatic nitrogens is 1. The minimum absolute atomic E-state index is 0.0960. The number of hydrogen-bond acceptors (Lipinski definition) is 6. The van der Waals surface area contributed by atoms with Crippen LogP contribution in [0.5, 0.6) is 0 Å². The fourth-order valence-corrected chi connectivity index (χ4v) is 1.55. The van der Waals surface area contributed by atoms with Crippen molar-refractivity contribution in [2.45, 2.75) is 12.0 Å². The molecule has 108 valence electrons. The molecule has 20 heavy (non-hydrogen) atoms. The van der Waals surface area contributed by atoms with E-state index >= 15 is 0 Å². The first-order valence-corrected chi connectivity index (χ1v) is 6.98. The van der Waals surface area contributed by atoms with Crippen molar-refractivity contribution in [2.24, 2.45) is 0 Å². The maximum Gasteiger partial charge on any atom is 0.341 e. The van der Waals surface area contributed by atoms with Crippen molar-refractivity contribution in [3.05, 3.63) is 48.5 Å². The molecule has 0 aliphatic heterocycles. The zero-order valence-corrected chi connectivity index (χ0v) is 11.4. The zero-order valence-electron chi connectivity index (χ0n) is 10.6. The molecule has 0 bridgehead atoms. The Hall–Kier alpha value is -2.19. The van der Waals surface area contributed by atoms with Crippen LogP contribution in [0, 0.1) is 0 Å². The van der Waals surface area contributed by atoms with Crippen LogP contribution in [0.1, 0.15) is 17.3 Å². The molecule has 8 heteroatoms. The summed E-state index contributed by atoms with van der Waals surface area (Å²) < 4.78 is 40.2. The van der Waals surface area contributed by atoms with Crippen LogP contribution < -0.4 is 4.98 Å². The number of hydrogen-bond donors (Lipinski definition) is 0. The van der Waals surface area contributed by atoms with Crippen LogP contribution in [-0.2, 0) is 14.9 Å². The van der Waals surface area contributed by atoms with Crippen LogP contribution in [0.2, 0.25) is 0 Å². The van der Waals surface area contributed by atoms with E-state index in [0.29, 0.717) is 0 Å². The summed E-state index contributed by atoms with van der Waals surface area (Å²) in [6.45, 7) is 1.76. The molecule has 7 nitrogen and oxygen atoms in total. The Labute approximate surface area is 116 Å². The van der Waals surface area contributed by atoms with E-state index in [1.165, 1.54) is 0 Å². The molecule has 2 rings (SSSR count). The molecule has 2 heterocycles. The van der Waals surface area contributed by atoms with Gasteiger partial charge in [0.1, 0.15) is 6.26 Å². The Kier molecular flexibility index (Phi) is 5.88. The van der Waals surface area contributed by atoms with Gasteiger partial charge in [-0.25, -0.2) is 18.2 Å². The normalized spacial score (nSPS) is 10.3. The number of pyridine rings is 1. The summed E-state index contributed by atoms with van der Waals surface area (Å²) in [5, 5.41) is -0.791. The van der Waals surface area contributed by atoms with Crippen LogP contribution in [0.4, 0.5) is 0 Å². The highest BCUT2D eigenvalue weighted by atomic mass is 32.2. The van der Waals surface area contributed by atoms with Crippen molar-refractivity contribution in [1.82, 2.24) is 0 Å². The molecule has 0 unspecified atom stereocenters. The number of carbonyl (C=O) groups excluding carboxylic acids is 1. The summed E-state index contributed by atoms with van der Waals surface area (Å²) in [5.41, 5.74) is -0.0960. The third-order valence-electron chi connectivity index (χ3n) is 1.94. The van der Waals surface area contributed by atoms with Gasteiger partial charge in [-0.15, -0.1) is 0 Å². The summed E-state index contributed by atoms with van der Waals surface area (Å²) in [6, 6.07) is 6.69. The van der Waals surface area contributed by atoms with Gasteiger partial charge >= 0.3 is 5.97 Å². The van der Waals surface area contributed by atoms with E-state index < -0.39 is 21.2 Å². The van der Waals surface area contributed by atoms with E-state index in [4.69, 9.17) is 0 Å². The predicted octanol–water partition coefficient (Wildman–Crippen LogP) is 0.861. The first kappa shape index (κ1) is 15.9. The van der Waals surface area contributed by atoms with Crippen LogP contribution >= 0.6 is 0 Å². The second kappa shape index (κ2) is 7.41. The summed E-state index contributed by atoms with van der Waals surface area (Å²) in [7, 11) is -4.65. The number of ether oxygens (including phenoxy) is 1. The highest BCUT2D eigenvalue weighted by Crippen LogP contribution is 2.13. The van der Waals surface area contributed by atoms with Gasteiger partial charge in [-0.05, 0) is 6.92 Å². The molecule has 1 N–H and O–H groups in total. The van der Waals surface area contributed by atoms with Crippen LogP contribution in [0.3, 0.4) is 0 Å². The molecule has 0 amide bonds. The van der Waals surface area contributed by atoms with Crippen molar-refractivity contribution in [2.75, 3.05) is 6.61 Å². The van der Waals surface area contributed by atoms with Crippen LogP contribution in [0.25, 0.3) is 0 Å². The molecule has 0 atom stereocenters. The van der Waals surface area contributed by atoms with Crippen molar-refractivity contribution in [1.29, 1.82) is 0 Å². The molecule has 0 fully saturated rings. The molecule has 2 aromatic rings. The Morgan fingerprint density at radius 2 is 2.00 bits per heavy atom. The van der Waals surface area contributed by atoms with E-state index in [1.54, 1.807) is 6.92 Å². The molecule has 0 aliphatic carbocycles. The molecular formula is C12H13NO6S. The minimum Gasteiger partial charge on any atom is -0.742 e. The maximum absolute atomic E-state index is 11.0. The monoisotopic (exact) mass is 299 g/mol. The van der Waals surface area contributed by atoms with Crippen LogP contribution in [0.15, 0.2) is 52.4 Å². The standard InChI is InChI=1S/C7H8O6S.C5H5N/c1-2-12-7(8)5-3-6(13-4-5)14(9,10)11;1-2-4-6-5-3-1/h3-4H,2H2,1H3,(H,9,10,11);1-5H. The highest BCUT2D eigenvalue weighted by Gasteiger charge is 2.14. The van der Waals surface area contributed by atoms with Crippen LogP contribution in [-0.4, -0.2) is 25.5 Å². The average Bonchev–Trinajstić information content (AvgIpc) is 2.91. The van der Waals surface area contributed by atoms with E-state index in [-0.39, 0.29) is 12.2 Å². The lowest BCUT2D eigenvalue weighted by Crippen LogP contribution is -2.03. The van der Waals surface area contributed by atoms with Gasteiger partial charge in [-0.1, -0.05) is 6.07 Å². The second-order valence-corrected chi connectivity index (χ2v) is 4.72. The van der Waals surface area contributed by atoms with Gasteiger partial charge in [-0.2, -0.15) is 0 Å². The zero-order chi connectivity index (χ0) is 15.0. The fourth-order valence-electron chi connectivity index (χ4n) is 1.11. The van der Waals surface area contributed by atoms with Gasteiger partial charge in [0.25, 0.3) is 0 Å². The Balaban J connectivity index is 0.000000276. The van der Waals surface area contributed by atoms with Gasteiger partial charge in [0.2, 0.25) is 5.09 Å². The van der Waals surface area contributed by atoms with E-state index in [9.17, 15) is 17.8 Å². The Morgan fingerprint density at radius 3 is 2.35 bits per heavy atom. The Morgan fingerprint density at radius 1 is 1.35 bits per heavy atom. The molecule has 0 saturated heterocycles. The third-order valence-corrected chi connectivity index (χ3v) is 2.65. The maximum atomic E-state index is 11.0. The molecule has 0 spiro atoms. The minimum atomic E-state index is -4.65. The summed E-state index contributed by atoms with van der Waals surface area (Å²) >= 11 is 0. The quantitative estimate of drug-likeness (QED) is 0.614. The van der Waals surface area contributed by atoms with Crippen molar-refractivity contribution in [3.8, 4) is 0 Å². The lowest BCUT2D eigenvalue weighted by molar-refractivity contribution is -0.377. The summed E-state index contributed by atoms with van der Waals surface area (Å²) in [6.07, 6.45) is 4.61. The van der Waals surface area contributed by atoms with Crippen molar-refractivity contribution >= 4 is 16.1 Å². The second-order valence-electron chi connectivity index (χ2n) is 3.41.